The molecular weight excluding hydrogens is 366 g/mol. The number of rotatable bonds is 6. The van der Waals surface area contributed by atoms with Gasteiger partial charge in [-0.05, 0) is 36.2 Å². The highest BCUT2D eigenvalue weighted by Crippen LogP contribution is 2.24. The lowest BCUT2D eigenvalue weighted by molar-refractivity contribution is -0.139. The van der Waals surface area contributed by atoms with Crippen molar-refractivity contribution >= 4 is 17.5 Å². The molecule has 0 radical (unpaired) electrons. The Morgan fingerprint density at radius 3 is 2.28 bits per heavy atom. The summed E-state index contributed by atoms with van der Waals surface area (Å²) in [4.78, 5) is 31.3. The molecule has 2 aromatic carbocycles. The summed E-state index contributed by atoms with van der Waals surface area (Å²) < 4.78 is 5.22. The van der Waals surface area contributed by atoms with Crippen molar-refractivity contribution in [3.8, 4) is 5.75 Å². The minimum atomic E-state index is -0.309. The Kier molecular flexibility index (Phi) is 5.81. The molecule has 0 aliphatic carbocycles. The lowest BCUT2D eigenvalue weighted by atomic mass is 10.1. The number of anilines is 1. The van der Waals surface area contributed by atoms with Gasteiger partial charge in [-0.15, -0.1) is 0 Å². The predicted molar refractivity (Wildman–Crippen MR) is 112 cm³/mol. The SMILES string of the molecule is COc1ccc(N2CCN([C@@H]3CC(=O)N(CCc4ccccc4)C3=O)CC2)cc1. The number of likely N-dealkylation sites (tertiary alicyclic amines) is 1. The molecule has 152 valence electrons. The summed E-state index contributed by atoms with van der Waals surface area (Å²) in [5, 5.41) is 0. The Hall–Kier alpha value is -2.86. The van der Waals surface area contributed by atoms with E-state index in [0.717, 1.165) is 43.2 Å². The van der Waals surface area contributed by atoms with Gasteiger partial charge in [-0.1, -0.05) is 30.3 Å². The number of imide groups is 1. The van der Waals surface area contributed by atoms with Crippen LogP contribution < -0.4 is 9.64 Å². The van der Waals surface area contributed by atoms with Gasteiger partial charge in [0.25, 0.3) is 0 Å². The van der Waals surface area contributed by atoms with Crippen molar-refractivity contribution in [2.75, 3.05) is 44.7 Å². The molecule has 2 heterocycles. The monoisotopic (exact) mass is 393 g/mol. The summed E-state index contributed by atoms with van der Waals surface area (Å²) in [6.45, 7) is 3.71. The molecule has 1 atom stereocenters. The van der Waals surface area contributed by atoms with Crippen molar-refractivity contribution in [1.29, 1.82) is 0 Å². The van der Waals surface area contributed by atoms with Gasteiger partial charge < -0.3 is 9.64 Å². The fraction of sp³-hybridized carbons (Fsp3) is 0.391. The highest BCUT2D eigenvalue weighted by Gasteiger charge is 2.42. The molecule has 2 aromatic rings. The highest BCUT2D eigenvalue weighted by atomic mass is 16.5. The van der Waals surface area contributed by atoms with Crippen LogP contribution in [0.1, 0.15) is 12.0 Å². The molecule has 0 N–H and O–H groups in total. The van der Waals surface area contributed by atoms with Crippen molar-refractivity contribution in [2.45, 2.75) is 18.9 Å². The molecule has 0 unspecified atom stereocenters. The Bertz CT molecular complexity index is 845. The van der Waals surface area contributed by atoms with Gasteiger partial charge in [-0.3, -0.25) is 19.4 Å². The normalized spacial score (nSPS) is 20.4. The van der Waals surface area contributed by atoms with Gasteiger partial charge in [0.2, 0.25) is 11.8 Å². The van der Waals surface area contributed by atoms with Crippen LogP contribution in [0.2, 0.25) is 0 Å². The number of hydrogen-bond acceptors (Lipinski definition) is 5. The topological polar surface area (TPSA) is 53.1 Å². The van der Waals surface area contributed by atoms with Crippen molar-refractivity contribution in [2.24, 2.45) is 0 Å². The van der Waals surface area contributed by atoms with Crippen LogP contribution in [0, 0.1) is 0 Å². The highest BCUT2D eigenvalue weighted by molar-refractivity contribution is 6.05. The number of ether oxygens (including phenoxy) is 1. The van der Waals surface area contributed by atoms with Crippen LogP contribution in [-0.2, 0) is 16.0 Å². The third kappa shape index (κ3) is 4.27. The zero-order valence-electron chi connectivity index (χ0n) is 16.8. The quantitative estimate of drug-likeness (QED) is 0.705. The van der Waals surface area contributed by atoms with Crippen molar-refractivity contribution in [3.05, 3.63) is 60.2 Å². The van der Waals surface area contributed by atoms with E-state index in [9.17, 15) is 9.59 Å². The van der Waals surface area contributed by atoms with E-state index in [0.29, 0.717) is 19.4 Å². The van der Waals surface area contributed by atoms with Crippen molar-refractivity contribution in [1.82, 2.24) is 9.80 Å². The van der Waals surface area contributed by atoms with E-state index in [4.69, 9.17) is 4.74 Å². The second kappa shape index (κ2) is 8.66. The van der Waals surface area contributed by atoms with E-state index in [1.54, 1.807) is 7.11 Å². The molecule has 6 heteroatoms. The number of carbonyl (C=O) groups is 2. The molecule has 29 heavy (non-hydrogen) atoms. The molecule has 0 spiro atoms. The molecule has 2 amide bonds. The van der Waals surface area contributed by atoms with E-state index in [2.05, 4.69) is 21.9 Å². The van der Waals surface area contributed by atoms with Gasteiger partial charge in [-0.25, -0.2) is 0 Å². The van der Waals surface area contributed by atoms with Gasteiger partial charge >= 0.3 is 0 Å². The van der Waals surface area contributed by atoms with E-state index in [1.165, 1.54) is 4.90 Å². The fourth-order valence-electron chi connectivity index (χ4n) is 4.16. The minimum absolute atomic E-state index is 0.0381. The molecule has 6 nitrogen and oxygen atoms in total. The van der Waals surface area contributed by atoms with E-state index < -0.39 is 0 Å². The maximum atomic E-state index is 12.9. The smallest absolute Gasteiger partial charge is 0.247 e. The summed E-state index contributed by atoms with van der Waals surface area (Å²) in [6.07, 6.45) is 1.01. The predicted octanol–water partition coefficient (Wildman–Crippen LogP) is 2.19. The summed E-state index contributed by atoms with van der Waals surface area (Å²) in [7, 11) is 1.66. The fourth-order valence-corrected chi connectivity index (χ4v) is 4.16. The molecule has 2 fully saturated rings. The standard InChI is InChI=1S/C23H27N3O3/c1-29-20-9-7-19(8-10-20)24-13-15-25(16-14-24)21-17-22(27)26(23(21)28)12-11-18-5-3-2-4-6-18/h2-10,21H,11-17H2,1H3/t21-/m1/s1. The summed E-state index contributed by atoms with van der Waals surface area (Å²) >= 11 is 0. The number of piperazine rings is 1. The molecule has 0 aromatic heterocycles. The number of nitrogens with zero attached hydrogens (tertiary/aromatic N) is 3. The van der Waals surface area contributed by atoms with E-state index in [-0.39, 0.29) is 17.9 Å². The Morgan fingerprint density at radius 1 is 0.931 bits per heavy atom. The van der Waals surface area contributed by atoms with Gasteiger partial charge in [0.1, 0.15) is 5.75 Å². The van der Waals surface area contributed by atoms with Gasteiger partial charge in [-0.2, -0.15) is 0 Å². The molecule has 2 saturated heterocycles. The summed E-state index contributed by atoms with van der Waals surface area (Å²) in [5.41, 5.74) is 2.30. The van der Waals surface area contributed by atoms with Crippen LogP contribution in [0.5, 0.6) is 5.75 Å². The first-order chi connectivity index (χ1) is 14.2. The Labute approximate surface area is 171 Å². The second-order valence-electron chi connectivity index (χ2n) is 7.56. The lowest BCUT2D eigenvalue weighted by Crippen LogP contribution is -2.52. The van der Waals surface area contributed by atoms with Crippen LogP contribution in [0.4, 0.5) is 5.69 Å². The summed E-state index contributed by atoms with van der Waals surface area (Å²) in [6, 6.07) is 17.7. The number of methoxy groups -OCH3 is 1. The van der Waals surface area contributed by atoms with Crippen LogP contribution in [0.25, 0.3) is 0 Å². The molecule has 0 bridgehead atoms. The molecule has 2 aliphatic rings. The summed E-state index contributed by atoms with van der Waals surface area (Å²) in [5.74, 6) is 0.760. The Balaban J connectivity index is 1.32. The van der Waals surface area contributed by atoms with Crippen LogP contribution in [-0.4, -0.2) is 67.5 Å². The second-order valence-corrected chi connectivity index (χ2v) is 7.56. The average Bonchev–Trinajstić information content (AvgIpc) is 3.06. The zero-order chi connectivity index (χ0) is 20.2. The van der Waals surface area contributed by atoms with Crippen LogP contribution in [0.15, 0.2) is 54.6 Å². The van der Waals surface area contributed by atoms with Crippen molar-refractivity contribution < 1.29 is 14.3 Å². The first-order valence-electron chi connectivity index (χ1n) is 10.2. The van der Waals surface area contributed by atoms with E-state index >= 15 is 0 Å². The van der Waals surface area contributed by atoms with Crippen LogP contribution in [0.3, 0.4) is 0 Å². The first kappa shape index (κ1) is 19.5. The minimum Gasteiger partial charge on any atom is -0.497 e. The third-order valence-corrected chi connectivity index (χ3v) is 5.88. The molecule has 4 rings (SSSR count). The number of hydrogen-bond donors (Lipinski definition) is 0. The van der Waals surface area contributed by atoms with Gasteiger partial charge in [0, 0.05) is 38.4 Å². The number of amides is 2. The Morgan fingerprint density at radius 2 is 1.62 bits per heavy atom. The molecule has 2 aliphatic heterocycles. The van der Waals surface area contributed by atoms with Crippen LogP contribution >= 0.6 is 0 Å². The largest absolute Gasteiger partial charge is 0.497 e. The third-order valence-electron chi connectivity index (χ3n) is 5.88. The lowest BCUT2D eigenvalue weighted by Gasteiger charge is -2.38. The number of carbonyl (C=O) groups excluding carboxylic acids is 2. The zero-order valence-corrected chi connectivity index (χ0v) is 16.8. The van der Waals surface area contributed by atoms with Crippen molar-refractivity contribution in [3.63, 3.8) is 0 Å². The number of benzene rings is 2. The van der Waals surface area contributed by atoms with E-state index in [1.807, 2.05) is 42.5 Å². The molecular formula is C23H27N3O3. The maximum absolute atomic E-state index is 12.9. The van der Waals surface area contributed by atoms with Gasteiger partial charge in [0.05, 0.1) is 19.6 Å². The molecule has 0 saturated carbocycles. The first-order valence-corrected chi connectivity index (χ1v) is 10.2. The maximum Gasteiger partial charge on any atom is 0.247 e. The van der Waals surface area contributed by atoms with Gasteiger partial charge in [0.15, 0.2) is 0 Å². The average molecular weight is 393 g/mol.